The Kier molecular flexibility index (Phi) is 11.3. The summed E-state index contributed by atoms with van der Waals surface area (Å²) in [5.74, 6) is 0. The molecule has 0 heterocycles. The molecule has 0 fully saturated rings. The third-order valence-corrected chi connectivity index (χ3v) is 14.3. The Labute approximate surface area is 381 Å². The maximum absolute atomic E-state index is 2.60. The molecule has 0 aliphatic rings. The Balaban J connectivity index is 1.50. The van der Waals surface area contributed by atoms with Gasteiger partial charge in [0.25, 0.3) is 0 Å². The number of hydrogen-bond donors (Lipinski definition) is 0. The van der Waals surface area contributed by atoms with Gasteiger partial charge in [0, 0.05) is 0 Å². The molecule has 0 aromatic heterocycles. The summed E-state index contributed by atoms with van der Waals surface area (Å²) in [7, 11) is 0. The standard InChI is InChI=1S/C64H62/c1-7-10-25-43-46-28-13-19-34-52(46)60(53-35-20-14-29-47(43)53)58-40-42(64(4,5)6)41-59(61-54-36-21-15-30-48(54)44(26-11-8-2)49-31-16-22-37-55(49)61)63(58)62-56-38-23-17-32-50(56)45(27-12-9-3)51-33-18-24-39-57(51)62/h13-24,28-41H,7-12,25-27H2,1-6H3. The zero-order valence-corrected chi connectivity index (χ0v) is 38.9. The molecule has 0 unspecified atom stereocenters. The Morgan fingerprint density at radius 3 is 0.766 bits per heavy atom. The van der Waals surface area contributed by atoms with Crippen LogP contribution in [0, 0.1) is 0 Å². The van der Waals surface area contributed by atoms with Gasteiger partial charge in [0.1, 0.15) is 0 Å². The van der Waals surface area contributed by atoms with Gasteiger partial charge in [-0.25, -0.2) is 0 Å². The second kappa shape index (κ2) is 17.4. The summed E-state index contributed by atoms with van der Waals surface area (Å²) in [5.41, 5.74) is 13.6. The van der Waals surface area contributed by atoms with Gasteiger partial charge in [-0.1, -0.05) is 206 Å². The number of aryl methyl sites for hydroxylation is 3. The van der Waals surface area contributed by atoms with E-state index < -0.39 is 0 Å². The van der Waals surface area contributed by atoms with E-state index in [4.69, 9.17) is 0 Å². The predicted molar refractivity (Wildman–Crippen MR) is 282 cm³/mol. The first kappa shape index (κ1) is 41.8. The number of fused-ring (bicyclic) bond motifs is 6. The quantitative estimate of drug-likeness (QED) is 0.108. The van der Waals surface area contributed by atoms with Crippen molar-refractivity contribution in [2.75, 3.05) is 0 Å². The Morgan fingerprint density at radius 1 is 0.297 bits per heavy atom. The van der Waals surface area contributed by atoms with Crippen LogP contribution in [0.4, 0.5) is 0 Å². The summed E-state index contributed by atoms with van der Waals surface area (Å²) in [4.78, 5) is 0. The zero-order valence-electron chi connectivity index (χ0n) is 38.9. The van der Waals surface area contributed by atoms with Crippen molar-refractivity contribution in [1.82, 2.24) is 0 Å². The normalized spacial score (nSPS) is 12.2. The molecule has 0 spiro atoms. The lowest BCUT2D eigenvalue weighted by Crippen LogP contribution is -2.12. The fraction of sp³-hybridized carbons (Fsp3) is 0.250. The van der Waals surface area contributed by atoms with Crippen molar-refractivity contribution in [3.05, 3.63) is 180 Å². The van der Waals surface area contributed by atoms with Gasteiger partial charge in [0.15, 0.2) is 0 Å². The molecular formula is C64H62. The zero-order chi connectivity index (χ0) is 44.0. The summed E-state index contributed by atoms with van der Waals surface area (Å²) in [5, 5.41) is 16.3. The molecule has 0 nitrogen and oxygen atoms in total. The van der Waals surface area contributed by atoms with Crippen LogP contribution in [0.5, 0.6) is 0 Å². The van der Waals surface area contributed by atoms with E-state index in [1.807, 2.05) is 0 Å². The largest absolute Gasteiger partial charge is 0.0654 e. The minimum absolute atomic E-state index is 0.129. The van der Waals surface area contributed by atoms with Crippen LogP contribution in [0.15, 0.2) is 158 Å². The minimum atomic E-state index is -0.129. The molecule has 0 saturated heterocycles. The van der Waals surface area contributed by atoms with E-state index in [-0.39, 0.29) is 5.41 Å². The van der Waals surface area contributed by atoms with Crippen LogP contribution < -0.4 is 0 Å². The fourth-order valence-corrected chi connectivity index (χ4v) is 11.1. The second-order valence-electron chi connectivity index (χ2n) is 19.3. The van der Waals surface area contributed by atoms with E-state index >= 15 is 0 Å². The number of rotatable bonds is 12. The maximum atomic E-state index is 2.60. The SMILES string of the molecule is CCCCc1c2ccccc2c(-c2cc(C(C)(C)C)cc(-c3c4ccccc4c(CCCC)c4ccccc34)c2-c2c3ccccc3c(CCCC)c3ccccc23)c2ccccc12. The van der Waals surface area contributed by atoms with Gasteiger partial charge < -0.3 is 0 Å². The first-order valence-corrected chi connectivity index (χ1v) is 24.3. The van der Waals surface area contributed by atoms with Crippen molar-refractivity contribution in [3.63, 3.8) is 0 Å². The first-order chi connectivity index (χ1) is 31.3. The van der Waals surface area contributed by atoms with Crippen molar-refractivity contribution in [2.45, 2.75) is 105 Å². The smallest absolute Gasteiger partial charge is 0.00132 e. The molecule has 318 valence electrons. The Morgan fingerprint density at radius 2 is 0.531 bits per heavy atom. The van der Waals surface area contributed by atoms with Crippen LogP contribution in [0.1, 0.15) is 102 Å². The first-order valence-electron chi connectivity index (χ1n) is 24.3. The van der Waals surface area contributed by atoms with Gasteiger partial charge in [0.05, 0.1) is 0 Å². The summed E-state index contributed by atoms with van der Waals surface area (Å²) in [6.45, 7) is 14.1. The average Bonchev–Trinajstić information content (AvgIpc) is 3.32. The highest BCUT2D eigenvalue weighted by molar-refractivity contribution is 6.26. The molecule has 10 aromatic carbocycles. The van der Waals surface area contributed by atoms with E-state index in [0.717, 1.165) is 32.1 Å². The molecule has 0 atom stereocenters. The average molecular weight is 831 g/mol. The predicted octanol–water partition coefficient (Wildman–Crippen LogP) is 18.9. The van der Waals surface area contributed by atoms with Gasteiger partial charge in [-0.3, -0.25) is 0 Å². The van der Waals surface area contributed by atoms with Crippen molar-refractivity contribution < 1.29 is 0 Å². The van der Waals surface area contributed by atoms with Gasteiger partial charge in [0.2, 0.25) is 0 Å². The van der Waals surface area contributed by atoms with Crippen LogP contribution in [0.2, 0.25) is 0 Å². The summed E-state index contributed by atoms with van der Waals surface area (Å²) in [6, 6.07) is 61.2. The lowest BCUT2D eigenvalue weighted by atomic mass is 9.74. The fourth-order valence-electron chi connectivity index (χ4n) is 11.1. The molecule has 0 aliphatic carbocycles. The van der Waals surface area contributed by atoms with Crippen molar-refractivity contribution in [3.8, 4) is 33.4 Å². The molecule has 0 heteroatoms. The third-order valence-electron chi connectivity index (χ3n) is 14.3. The number of hydrogen-bond acceptors (Lipinski definition) is 0. The van der Waals surface area contributed by atoms with Gasteiger partial charge >= 0.3 is 0 Å². The molecule has 10 rings (SSSR count). The van der Waals surface area contributed by atoms with Crippen molar-refractivity contribution >= 4 is 64.6 Å². The Bertz CT molecular complexity index is 3050. The Hall–Kier alpha value is -6.24. The number of benzene rings is 10. The van der Waals surface area contributed by atoms with Crippen LogP contribution in [-0.2, 0) is 24.7 Å². The molecule has 0 bridgehead atoms. The lowest BCUT2D eigenvalue weighted by Gasteiger charge is -2.29. The van der Waals surface area contributed by atoms with E-state index in [1.54, 1.807) is 0 Å². The second-order valence-corrected chi connectivity index (χ2v) is 19.3. The van der Waals surface area contributed by atoms with E-state index in [1.165, 1.54) is 146 Å². The maximum Gasteiger partial charge on any atom is -0.00132 e. The van der Waals surface area contributed by atoms with Crippen LogP contribution in [0.3, 0.4) is 0 Å². The summed E-state index contributed by atoms with van der Waals surface area (Å²) >= 11 is 0. The monoisotopic (exact) mass is 830 g/mol. The van der Waals surface area contributed by atoms with Gasteiger partial charge in [-0.15, -0.1) is 0 Å². The number of unbranched alkanes of at least 4 members (excludes halogenated alkanes) is 3. The topological polar surface area (TPSA) is 0 Å². The minimum Gasteiger partial charge on any atom is -0.0654 e. The lowest BCUT2D eigenvalue weighted by molar-refractivity contribution is 0.591. The van der Waals surface area contributed by atoms with Crippen LogP contribution in [0.25, 0.3) is 98.0 Å². The van der Waals surface area contributed by atoms with Crippen molar-refractivity contribution in [2.24, 2.45) is 0 Å². The van der Waals surface area contributed by atoms with E-state index in [0.29, 0.717) is 0 Å². The molecule has 0 amide bonds. The third kappa shape index (κ3) is 7.07. The van der Waals surface area contributed by atoms with Gasteiger partial charge in [-0.05, 0) is 176 Å². The molecule has 0 N–H and O–H groups in total. The summed E-state index contributed by atoms with van der Waals surface area (Å²) in [6.07, 6.45) is 10.2. The van der Waals surface area contributed by atoms with Crippen LogP contribution in [-0.4, -0.2) is 0 Å². The van der Waals surface area contributed by atoms with E-state index in [9.17, 15) is 0 Å². The molecular weight excluding hydrogens is 769 g/mol. The molecule has 64 heavy (non-hydrogen) atoms. The highest BCUT2D eigenvalue weighted by Crippen LogP contribution is 2.54. The molecule has 0 radical (unpaired) electrons. The van der Waals surface area contributed by atoms with E-state index in [2.05, 4.69) is 199 Å². The van der Waals surface area contributed by atoms with Gasteiger partial charge in [-0.2, -0.15) is 0 Å². The highest BCUT2D eigenvalue weighted by Gasteiger charge is 2.29. The van der Waals surface area contributed by atoms with Crippen molar-refractivity contribution in [1.29, 1.82) is 0 Å². The molecule has 10 aromatic rings. The highest BCUT2D eigenvalue weighted by atomic mass is 14.3. The summed E-state index contributed by atoms with van der Waals surface area (Å²) < 4.78 is 0. The van der Waals surface area contributed by atoms with Crippen LogP contribution >= 0.6 is 0 Å². The molecule has 0 saturated carbocycles. The molecule has 0 aliphatic heterocycles.